The predicted octanol–water partition coefficient (Wildman–Crippen LogP) is 2.37. The maximum Gasteiger partial charge on any atom is 0.271 e. The summed E-state index contributed by atoms with van der Waals surface area (Å²) in [6.45, 7) is 2.93. The molecule has 5 heteroatoms. The van der Waals surface area contributed by atoms with Gasteiger partial charge in [-0.25, -0.2) is 4.68 Å². The number of hydrogen-bond acceptors (Lipinski definition) is 3. The number of nitrogens with one attached hydrogen (secondary N) is 1. The fraction of sp³-hybridized carbons (Fsp3) is 0.375. The molecule has 1 amide bonds. The summed E-state index contributed by atoms with van der Waals surface area (Å²) < 4.78 is 1.68. The number of carbonyl (C=O) groups is 1. The maximum atomic E-state index is 12.1. The molecule has 0 unspecified atom stereocenters. The summed E-state index contributed by atoms with van der Waals surface area (Å²) in [5, 5.41) is 7.30. The quantitative estimate of drug-likeness (QED) is 0.847. The molecule has 3 rings (SSSR count). The van der Waals surface area contributed by atoms with E-state index in [1.807, 2.05) is 24.3 Å². The van der Waals surface area contributed by atoms with Crippen LogP contribution in [0.3, 0.4) is 0 Å². The minimum atomic E-state index is -0.114. The molecular formula is C16H20N4O. The third kappa shape index (κ3) is 2.91. The molecule has 3 N–H and O–H groups in total. The molecule has 110 valence electrons. The molecule has 0 saturated heterocycles. The minimum absolute atomic E-state index is 0.114. The number of benzene rings is 1. The van der Waals surface area contributed by atoms with E-state index < -0.39 is 0 Å². The van der Waals surface area contributed by atoms with Crippen molar-refractivity contribution in [1.29, 1.82) is 0 Å². The Bertz CT molecular complexity index is 641. The van der Waals surface area contributed by atoms with Crippen molar-refractivity contribution in [2.75, 3.05) is 12.3 Å². The summed E-state index contributed by atoms with van der Waals surface area (Å²) in [5.74, 6) is -0.114. The average Bonchev–Trinajstić information content (AvgIpc) is 2.93. The highest BCUT2D eigenvalue weighted by atomic mass is 16.1. The van der Waals surface area contributed by atoms with E-state index >= 15 is 0 Å². The Balaban J connectivity index is 1.66. The molecule has 1 aliphatic carbocycles. The van der Waals surface area contributed by atoms with Gasteiger partial charge in [-0.05, 0) is 48.6 Å². The second kappa shape index (κ2) is 5.24. The van der Waals surface area contributed by atoms with Gasteiger partial charge >= 0.3 is 0 Å². The van der Waals surface area contributed by atoms with E-state index in [0.29, 0.717) is 11.4 Å². The molecule has 1 saturated carbocycles. The second-order valence-electron chi connectivity index (χ2n) is 6.08. The Hall–Kier alpha value is -2.30. The molecule has 0 bridgehead atoms. The van der Waals surface area contributed by atoms with Gasteiger partial charge in [0.15, 0.2) is 5.69 Å². The van der Waals surface area contributed by atoms with Gasteiger partial charge in [0.25, 0.3) is 5.91 Å². The summed E-state index contributed by atoms with van der Waals surface area (Å²) >= 11 is 0. The van der Waals surface area contributed by atoms with Crippen LogP contribution in [0.4, 0.5) is 5.69 Å². The van der Waals surface area contributed by atoms with Crippen LogP contribution < -0.4 is 11.1 Å². The topological polar surface area (TPSA) is 72.9 Å². The molecule has 1 aliphatic rings. The largest absolute Gasteiger partial charge is 0.399 e. The molecule has 0 spiro atoms. The number of nitrogens with two attached hydrogens (primary N) is 1. The highest BCUT2D eigenvalue weighted by Gasteiger charge is 2.32. The number of rotatable bonds is 4. The van der Waals surface area contributed by atoms with Crippen LogP contribution in [0.1, 0.15) is 36.7 Å². The van der Waals surface area contributed by atoms with Crippen LogP contribution >= 0.6 is 0 Å². The Morgan fingerprint density at radius 3 is 2.67 bits per heavy atom. The van der Waals surface area contributed by atoms with Crippen LogP contribution in [-0.2, 0) is 0 Å². The molecule has 1 heterocycles. The SMILES string of the molecule is CC1(CNC(=O)c2ccn(-c3ccc(N)cc3)n2)CCC1. The van der Waals surface area contributed by atoms with E-state index in [-0.39, 0.29) is 11.3 Å². The van der Waals surface area contributed by atoms with Gasteiger partial charge in [0.05, 0.1) is 5.69 Å². The summed E-state index contributed by atoms with van der Waals surface area (Å²) in [6.07, 6.45) is 5.42. The number of anilines is 1. The Kier molecular flexibility index (Phi) is 3.41. The summed E-state index contributed by atoms with van der Waals surface area (Å²) in [4.78, 5) is 12.1. The number of hydrogen-bond donors (Lipinski definition) is 2. The third-order valence-corrected chi connectivity index (χ3v) is 4.22. The molecule has 1 aromatic carbocycles. The van der Waals surface area contributed by atoms with Gasteiger partial charge in [0.2, 0.25) is 0 Å². The van der Waals surface area contributed by atoms with Crippen molar-refractivity contribution in [3.05, 3.63) is 42.2 Å². The summed E-state index contributed by atoms with van der Waals surface area (Å²) in [5.41, 5.74) is 7.97. The second-order valence-corrected chi connectivity index (χ2v) is 6.08. The van der Waals surface area contributed by atoms with Gasteiger partial charge in [-0.15, -0.1) is 0 Å². The van der Waals surface area contributed by atoms with Crippen molar-refractivity contribution in [3.8, 4) is 5.69 Å². The summed E-state index contributed by atoms with van der Waals surface area (Å²) in [6, 6.07) is 9.11. The molecule has 0 atom stereocenters. The van der Waals surface area contributed by atoms with E-state index in [1.165, 1.54) is 19.3 Å². The van der Waals surface area contributed by atoms with E-state index in [1.54, 1.807) is 16.9 Å². The van der Waals surface area contributed by atoms with Gasteiger partial charge in [0, 0.05) is 18.4 Å². The Morgan fingerprint density at radius 2 is 2.05 bits per heavy atom. The van der Waals surface area contributed by atoms with Crippen LogP contribution in [0.25, 0.3) is 5.69 Å². The van der Waals surface area contributed by atoms with Gasteiger partial charge in [-0.2, -0.15) is 5.10 Å². The van der Waals surface area contributed by atoms with Gasteiger partial charge < -0.3 is 11.1 Å². The normalized spacial score (nSPS) is 16.2. The van der Waals surface area contributed by atoms with Crippen LogP contribution in [0.2, 0.25) is 0 Å². The lowest BCUT2D eigenvalue weighted by Crippen LogP contribution is -2.40. The highest BCUT2D eigenvalue weighted by molar-refractivity contribution is 5.92. The smallest absolute Gasteiger partial charge is 0.271 e. The lowest BCUT2D eigenvalue weighted by molar-refractivity contribution is 0.0885. The zero-order valence-corrected chi connectivity index (χ0v) is 12.2. The van der Waals surface area contributed by atoms with Crippen molar-refractivity contribution in [1.82, 2.24) is 15.1 Å². The van der Waals surface area contributed by atoms with Crippen molar-refractivity contribution in [2.45, 2.75) is 26.2 Å². The first-order valence-electron chi connectivity index (χ1n) is 7.26. The fourth-order valence-electron chi connectivity index (χ4n) is 2.56. The standard InChI is InChI=1S/C16H20N4O/c1-16(8-2-9-16)11-18-15(21)14-7-10-20(19-14)13-5-3-12(17)4-6-13/h3-7,10H,2,8-9,11,17H2,1H3,(H,18,21). The number of amides is 1. The Labute approximate surface area is 124 Å². The zero-order valence-electron chi connectivity index (χ0n) is 12.2. The first-order valence-corrected chi connectivity index (χ1v) is 7.26. The summed E-state index contributed by atoms with van der Waals surface area (Å²) in [7, 11) is 0. The zero-order chi connectivity index (χ0) is 14.9. The first-order chi connectivity index (χ1) is 10.1. The minimum Gasteiger partial charge on any atom is -0.399 e. The molecule has 21 heavy (non-hydrogen) atoms. The third-order valence-electron chi connectivity index (χ3n) is 4.22. The number of nitrogen functional groups attached to an aromatic ring is 1. The number of nitrogens with zero attached hydrogens (tertiary/aromatic N) is 2. The molecule has 2 aromatic rings. The monoisotopic (exact) mass is 284 g/mol. The molecule has 1 aromatic heterocycles. The van der Waals surface area contributed by atoms with Crippen molar-refractivity contribution in [2.24, 2.45) is 5.41 Å². The molecular weight excluding hydrogens is 264 g/mol. The van der Waals surface area contributed by atoms with Crippen LogP contribution in [0.5, 0.6) is 0 Å². The van der Waals surface area contributed by atoms with Crippen molar-refractivity contribution in [3.63, 3.8) is 0 Å². The van der Waals surface area contributed by atoms with Gasteiger partial charge in [0.1, 0.15) is 0 Å². The van der Waals surface area contributed by atoms with Crippen LogP contribution in [0, 0.1) is 5.41 Å². The lowest BCUT2D eigenvalue weighted by atomic mass is 9.70. The highest BCUT2D eigenvalue weighted by Crippen LogP contribution is 2.39. The molecule has 1 fully saturated rings. The Morgan fingerprint density at radius 1 is 1.33 bits per heavy atom. The molecule has 5 nitrogen and oxygen atoms in total. The maximum absolute atomic E-state index is 12.1. The first kappa shape index (κ1) is 13.7. The van der Waals surface area contributed by atoms with E-state index in [4.69, 9.17) is 5.73 Å². The van der Waals surface area contributed by atoms with Crippen molar-refractivity contribution < 1.29 is 4.79 Å². The average molecular weight is 284 g/mol. The van der Waals surface area contributed by atoms with Gasteiger partial charge in [-0.3, -0.25) is 4.79 Å². The number of carbonyl (C=O) groups excluding carboxylic acids is 1. The molecule has 0 radical (unpaired) electrons. The van der Waals surface area contributed by atoms with Crippen LogP contribution in [0.15, 0.2) is 36.5 Å². The molecule has 0 aliphatic heterocycles. The fourth-order valence-corrected chi connectivity index (χ4v) is 2.56. The van der Waals surface area contributed by atoms with E-state index in [9.17, 15) is 4.79 Å². The number of aromatic nitrogens is 2. The van der Waals surface area contributed by atoms with Gasteiger partial charge in [-0.1, -0.05) is 13.3 Å². The van der Waals surface area contributed by atoms with Crippen molar-refractivity contribution >= 4 is 11.6 Å². The predicted molar refractivity (Wildman–Crippen MR) is 82.3 cm³/mol. The van der Waals surface area contributed by atoms with E-state index in [0.717, 1.165) is 12.2 Å². The van der Waals surface area contributed by atoms with E-state index in [2.05, 4.69) is 17.3 Å². The van der Waals surface area contributed by atoms with Crippen LogP contribution in [-0.4, -0.2) is 22.2 Å². The lowest BCUT2D eigenvalue weighted by Gasteiger charge is -2.38.